The van der Waals surface area contributed by atoms with Gasteiger partial charge in [-0.15, -0.1) is 0 Å². The van der Waals surface area contributed by atoms with E-state index in [1.165, 1.54) is 0 Å². The highest BCUT2D eigenvalue weighted by Crippen LogP contribution is 2.18. The molecular formula is C18H23ClN2O2. The average molecular weight is 335 g/mol. The molecule has 1 unspecified atom stereocenters. The molecule has 0 saturated carbocycles. The summed E-state index contributed by atoms with van der Waals surface area (Å²) in [6.45, 7) is 0.533. The number of hydrogen-bond donors (Lipinski definition) is 1. The summed E-state index contributed by atoms with van der Waals surface area (Å²) >= 11 is 6.12. The molecule has 23 heavy (non-hydrogen) atoms. The standard InChI is InChI=1S/C18H23ClN2O2/c1-21(2)16(17-10-6-12-23-17)13-20-18(22)11-5-8-14-7-3-4-9-15(14)19/h3-4,6-7,9-10,12,16H,5,8,11,13H2,1-2H3,(H,20,22). The van der Waals surface area contributed by atoms with E-state index >= 15 is 0 Å². The van der Waals surface area contributed by atoms with E-state index in [9.17, 15) is 4.79 Å². The fourth-order valence-corrected chi connectivity index (χ4v) is 2.69. The van der Waals surface area contributed by atoms with Crippen molar-refractivity contribution in [2.45, 2.75) is 25.3 Å². The highest BCUT2D eigenvalue weighted by molar-refractivity contribution is 6.31. The summed E-state index contributed by atoms with van der Waals surface area (Å²) in [5.41, 5.74) is 1.09. The molecule has 0 aliphatic heterocycles. The molecule has 1 amide bonds. The SMILES string of the molecule is CN(C)C(CNC(=O)CCCc1ccccc1Cl)c1ccco1. The van der Waals surface area contributed by atoms with Crippen molar-refractivity contribution in [1.29, 1.82) is 0 Å². The van der Waals surface area contributed by atoms with Crippen molar-refractivity contribution in [3.63, 3.8) is 0 Å². The maximum absolute atomic E-state index is 12.0. The van der Waals surface area contributed by atoms with Gasteiger partial charge in [0.15, 0.2) is 0 Å². The first-order chi connectivity index (χ1) is 11.1. The Hall–Kier alpha value is -1.78. The monoisotopic (exact) mass is 334 g/mol. The second-order valence-electron chi connectivity index (χ2n) is 5.74. The molecule has 1 N–H and O–H groups in total. The van der Waals surface area contributed by atoms with E-state index in [2.05, 4.69) is 5.32 Å². The highest BCUT2D eigenvalue weighted by Gasteiger charge is 2.17. The molecule has 1 atom stereocenters. The van der Waals surface area contributed by atoms with E-state index in [1.54, 1.807) is 6.26 Å². The van der Waals surface area contributed by atoms with Crippen molar-refractivity contribution in [3.8, 4) is 0 Å². The smallest absolute Gasteiger partial charge is 0.220 e. The lowest BCUT2D eigenvalue weighted by atomic mass is 10.1. The van der Waals surface area contributed by atoms with Crippen molar-refractivity contribution >= 4 is 17.5 Å². The molecule has 1 aromatic carbocycles. The van der Waals surface area contributed by atoms with Gasteiger partial charge < -0.3 is 9.73 Å². The molecule has 1 heterocycles. The van der Waals surface area contributed by atoms with Gasteiger partial charge in [0, 0.05) is 18.0 Å². The lowest BCUT2D eigenvalue weighted by molar-refractivity contribution is -0.121. The molecule has 5 heteroatoms. The molecule has 0 aliphatic carbocycles. The molecule has 0 radical (unpaired) electrons. The minimum Gasteiger partial charge on any atom is -0.468 e. The third kappa shape index (κ3) is 5.41. The van der Waals surface area contributed by atoms with Gasteiger partial charge in [0.05, 0.1) is 12.3 Å². The van der Waals surface area contributed by atoms with Crippen LogP contribution < -0.4 is 5.32 Å². The Morgan fingerprint density at radius 2 is 2.04 bits per heavy atom. The molecule has 2 rings (SSSR count). The Morgan fingerprint density at radius 3 is 2.70 bits per heavy atom. The van der Waals surface area contributed by atoms with Crippen LogP contribution in [0.15, 0.2) is 47.1 Å². The molecule has 0 saturated heterocycles. The number of halogens is 1. The Morgan fingerprint density at radius 1 is 1.26 bits per heavy atom. The Labute approximate surface area is 142 Å². The van der Waals surface area contributed by atoms with E-state index in [-0.39, 0.29) is 11.9 Å². The van der Waals surface area contributed by atoms with Crippen LogP contribution in [0.2, 0.25) is 5.02 Å². The third-order valence-corrected chi connectivity index (χ3v) is 4.16. The predicted octanol–water partition coefficient (Wildman–Crippen LogP) is 3.67. The molecule has 0 fully saturated rings. The van der Waals surface area contributed by atoms with Crippen LogP contribution >= 0.6 is 11.6 Å². The topological polar surface area (TPSA) is 45.5 Å². The zero-order valence-electron chi connectivity index (χ0n) is 13.6. The molecule has 1 aromatic heterocycles. The van der Waals surface area contributed by atoms with Crippen molar-refractivity contribution in [2.75, 3.05) is 20.6 Å². The molecule has 0 spiro atoms. The minimum absolute atomic E-state index is 0.0394. The van der Waals surface area contributed by atoms with Crippen LogP contribution in [0, 0.1) is 0 Å². The normalized spacial score (nSPS) is 12.3. The third-order valence-electron chi connectivity index (χ3n) is 3.80. The second-order valence-corrected chi connectivity index (χ2v) is 6.15. The summed E-state index contributed by atoms with van der Waals surface area (Å²) in [5, 5.41) is 3.74. The summed E-state index contributed by atoms with van der Waals surface area (Å²) in [5.74, 6) is 0.904. The largest absolute Gasteiger partial charge is 0.468 e. The van der Waals surface area contributed by atoms with Gasteiger partial charge in [-0.05, 0) is 50.7 Å². The van der Waals surface area contributed by atoms with Crippen LogP contribution in [-0.4, -0.2) is 31.4 Å². The number of nitrogens with one attached hydrogen (secondary N) is 1. The lowest BCUT2D eigenvalue weighted by Crippen LogP contribution is -2.34. The summed E-state index contributed by atoms with van der Waals surface area (Å²) in [6, 6.07) is 11.6. The van der Waals surface area contributed by atoms with Crippen LogP contribution in [-0.2, 0) is 11.2 Å². The van der Waals surface area contributed by atoms with Gasteiger partial charge in [0.2, 0.25) is 5.91 Å². The lowest BCUT2D eigenvalue weighted by Gasteiger charge is -2.22. The Bertz CT molecular complexity index is 611. The van der Waals surface area contributed by atoms with Crippen molar-refractivity contribution in [2.24, 2.45) is 0 Å². The summed E-state index contributed by atoms with van der Waals surface area (Å²) in [6.07, 6.45) is 3.73. The van der Waals surface area contributed by atoms with Gasteiger partial charge >= 0.3 is 0 Å². The van der Waals surface area contributed by atoms with Crippen molar-refractivity contribution in [1.82, 2.24) is 10.2 Å². The number of amides is 1. The number of hydrogen-bond acceptors (Lipinski definition) is 3. The molecule has 4 nitrogen and oxygen atoms in total. The first kappa shape index (κ1) is 17.6. The van der Waals surface area contributed by atoms with Gasteiger partial charge in [-0.3, -0.25) is 9.69 Å². The molecule has 0 aliphatic rings. The number of aryl methyl sites for hydroxylation is 1. The Balaban J connectivity index is 1.75. The quantitative estimate of drug-likeness (QED) is 0.801. The van der Waals surface area contributed by atoms with E-state index in [4.69, 9.17) is 16.0 Å². The van der Waals surface area contributed by atoms with Crippen LogP contribution in [0.3, 0.4) is 0 Å². The predicted molar refractivity (Wildman–Crippen MR) is 92.5 cm³/mol. The Kier molecular flexibility index (Phi) is 6.68. The van der Waals surface area contributed by atoms with Gasteiger partial charge in [-0.1, -0.05) is 29.8 Å². The van der Waals surface area contributed by atoms with Crippen molar-refractivity contribution in [3.05, 3.63) is 59.0 Å². The van der Waals surface area contributed by atoms with E-state index < -0.39 is 0 Å². The van der Waals surface area contributed by atoms with Gasteiger partial charge in [0.1, 0.15) is 5.76 Å². The van der Waals surface area contributed by atoms with E-state index in [1.807, 2.05) is 55.4 Å². The number of likely N-dealkylation sites (N-methyl/N-ethyl adjacent to an activating group) is 1. The molecule has 124 valence electrons. The second kappa shape index (κ2) is 8.75. The number of rotatable bonds is 8. The van der Waals surface area contributed by atoms with Gasteiger partial charge in [0.25, 0.3) is 0 Å². The first-order valence-corrected chi connectivity index (χ1v) is 8.15. The average Bonchev–Trinajstić information content (AvgIpc) is 3.03. The summed E-state index contributed by atoms with van der Waals surface area (Å²) < 4.78 is 5.43. The maximum Gasteiger partial charge on any atom is 0.220 e. The maximum atomic E-state index is 12.0. The van der Waals surface area contributed by atoms with Crippen LogP contribution in [0.4, 0.5) is 0 Å². The highest BCUT2D eigenvalue weighted by atomic mass is 35.5. The zero-order valence-corrected chi connectivity index (χ0v) is 14.3. The van der Waals surface area contributed by atoms with Gasteiger partial charge in [-0.2, -0.15) is 0 Å². The van der Waals surface area contributed by atoms with Crippen LogP contribution in [0.25, 0.3) is 0 Å². The van der Waals surface area contributed by atoms with Crippen LogP contribution in [0.5, 0.6) is 0 Å². The van der Waals surface area contributed by atoms with E-state index in [0.29, 0.717) is 13.0 Å². The zero-order chi connectivity index (χ0) is 16.7. The number of nitrogens with zero attached hydrogens (tertiary/aromatic N) is 1. The molecule has 2 aromatic rings. The molecule has 0 bridgehead atoms. The first-order valence-electron chi connectivity index (χ1n) is 7.78. The molecular weight excluding hydrogens is 312 g/mol. The number of carbonyl (C=O) groups is 1. The fourth-order valence-electron chi connectivity index (χ4n) is 2.46. The number of furan rings is 1. The number of benzene rings is 1. The summed E-state index contributed by atoms with van der Waals surface area (Å²) in [7, 11) is 3.94. The minimum atomic E-state index is 0.0394. The van der Waals surface area contributed by atoms with Gasteiger partial charge in [-0.25, -0.2) is 0 Å². The fraction of sp³-hybridized carbons (Fsp3) is 0.389. The van der Waals surface area contributed by atoms with Crippen molar-refractivity contribution < 1.29 is 9.21 Å². The number of carbonyl (C=O) groups excluding carboxylic acids is 1. The van der Waals surface area contributed by atoms with E-state index in [0.717, 1.165) is 29.2 Å². The summed E-state index contributed by atoms with van der Waals surface area (Å²) in [4.78, 5) is 14.1. The van der Waals surface area contributed by atoms with Crippen LogP contribution in [0.1, 0.15) is 30.2 Å².